The maximum absolute atomic E-state index is 11.6. The molecule has 7 nitrogen and oxygen atoms in total. The summed E-state index contributed by atoms with van der Waals surface area (Å²) in [7, 11) is 1.52. The zero-order valence-corrected chi connectivity index (χ0v) is 12.0. The lowest BCUT2D eigenvalue weighted by Crippen LogP contribution is -2.25. The van der Waals surface area contributed by atoms with Crippen LogP contribution in [0.4, 0.5) is 0 Å². The van der Waals surface area contributed by atoms with E-state index in [9.17, 15) is 4.79 Å². The number of pyridine rings is 1. The van der Waals surface area contributed by atoms with E-state index >= 15 is 0 Å². The molecular weight excluding hydrogens is 286 g/mol. The fraction of sp³-hybridized carbons (Fsp3) is 0.133. The van der Waals surface area contributed by atoms with Gasteiger partial charge in [-0.1, -0.05) is 17.3 Å². The molecule has 0 radical (unpaired) electrons. The molecule has 0 aliphatic heterocycles. The average Bonchev–Trinajstić information content (AvgIpc) is 2.58. The number of benzene rings is 1. The Labute approximate surface area is 127 Å². The predicted octanol–water partition coefficient (Wildman–Crippen LogP) is 0.752. The van der Waals surface area contributed by atoms with Crippen molar-refractivity contribution in [3.05, 3.63) is 54.4 Å². The molecule has 0 spiro atoms. The van der Waals surface area contributed by atoms with Crippen molar-refractivity contribution in [3.63, 3.8) is 0 Å². The summed E-state index contributed by atoms with van der Waals surface area (Å²) < 4.78 is 10.4. The van der Waals surface area contributed by atoms with Crippen LogP contribution in [0.15, 0.2) is 53.8 Å². The number of hydrogen-bond donors (Lipinski definition) is 1. The molecule has 0 saturated carbocycles. The van der Waals surface area contributed by atoms with Crippen molar-refractivity contribution in [2.45, 2.75) is 0 Å². The largest absolute Gasteiger partial charge is 0.493 e. The van der Waals surface area contributed by atoms with E-state index in [4.69, 9.17) is 20.0 Å². The topological polar surface area (TPSA) is 97.3 Å². The number of para-hydroxylation sites is 2. The molecule has 0 fully saturated rings. The number of aromatic amines is 1. The average molecular weight is 302 g/mol. The maximum atomic E-state index is 11.6. The van der Waals surface area contributed by atoms with Crippen molar-refractivity contribution in [1.29, 1.82) is 0 Å². The Balaban J connectivity index is 1.88. The Morgan fingerprint density at radius 1 is 1.18 bits per heavy atom. The van der Waals surface area contributed by atoms with Gasteiger partial charge in [0.2, 0.25) is 11.5 Å². The molecule has 0 unspecified atom stereocenters. The highest BCUT2D eigenvalue weighted by Gasteiger charge is 2.10. The van der Waals surface area contributed by atoms with Gasteiger partial charge >= 0.3 is 5.97 Å². The third kappa shape index (κ3) is 4.20. The summed E-state index contributed by atoms with van der Waals surface area (Å²) in [5, 5.41) is 3.55. The number of aromatic nitrogens is 1. The van der Waals surface area contributed by atoms with Crippen molar-refractivity contribution in [2.24, 2.45) is 10.9 Å². The number of H-pyrrole nitrogens is 1. The first-order valence-electron chi connectivity index (χ1n) is 6.47. The molecule has 2 aromatic rings. The molecule has 3 N–H and O–H groups in total. The second-order valence-electron chi connectivity index (χ2n) is 4.16. The number of methoxy groups -OCH3 is 1. The number of amidine groups is 1. The highest BCUT2D eigenvalue weighted by molar-refractivity contribution is 5.94. The van der Waals surface area contributed by atoms with E-state index < -0.39 is 5.97 Å². The summed E-state index contributed by atoms with van der Waals surface area (Å²) in [6.45, 7) is -0.310. The summed E-state index contributed by atoms with van der Waals surface area (Å²) in [5.41, 5.74) is 6.22. The maximum Gasteiger partial charge on any atom is 0.372 e. The van der Waals surface area contributed by atoms with Crippen LogP contribution in [-0.4, -0.2) is 25.5 Å². The fourth-order valence-electron chi connectivity index (χ4n) is 1.60. The first-order valence-corrected chi connectivity index (χ1v) is 6.47. The van der Waals surface area contributed by atoms with Gasteiger partial charge in [0.25, 0.3) is 0 Å². The number of rotatable bonds is 6. The molecule has 0 aliphatic rings. The van der Waals surface area contributed by atoms with Gasteiger partial charge in [-0.2, -0.15) is 0 Å². The number of oxime groups is 1. The van der Waals surface area contributed by atoms with Crippen LogP contribution in [-0.2, 0) is 9.63 Å². The van der Waals surface area contributed by atoms with E-state index in [2.05, 4.69) is 10.1 Å². The van der Waals surface area contributed by atoms with Crippen molar-refractivity contribution in [1.82, 2.24) is 0 Å². The van der Waals surface area contributed by atoms with E-state index in [1.54, 1.807) is 48.7 Å². The first-order chi connectivity index (χ1) is 10.7. The highest BCUT2D eigenvalue weighted by atomic mass is 16.7. The van der Waals surface area contributed by atoms with Crippen molar-refractivity contribution >= 4 is 11.8 Å². The van der Waals surface area contributed by atoms with Gasteiger partial charge < -0.3 is 20.0 Å². The monoisotopic (exact) mass is 302 g/mol. The summed E-state index contributed by atoms with van der Waals surface area (Å²) in [4.78, 5) is 19.2. The van der Waals surface area contributed by atoms with Gasteiger partial charge in [0, 0.05) is 12.1 Å². The van der Waals surface area contributed by atoms with E-state index in [1.807, 2.05) is 0 Å². The first kappa shape index (κ1) is 15.3. The lowest BCUT2D eigenvalue weighted by Gasteiger charge is -2.08. The molecule has 0 aliphatic carbocycles. The second kappa shape index (κ2) is 7.63. The highest BCUT2D eigenvalue weighted by Crippen LogP contribution is 2.25. The summed E-state index contributed by atoms with van der Waals surface area (Å²) in [6, 6.07) is 12.3. The normalized spacial score (nSPS) is 10.9. The van der Waals surface area contributed by atoms with Gasteiger partial charge in [-0.15, -0.1) is 0 Å². The number of ether oxygens (including phenoxy) is 2. The van der Waals surface area contributed by atoms with Crippen LogP contribution >= 0.6 is 0 Å². The minimum atomic E-state index is -0.676. The van der Waals surface area contributed by atoms with E-state index in [0.717, 1.165) is 0 Å². The Morgan fingerprint density at radius 2 is 1.91 bits per heavy atom. The molecule has 1 aromatic heterocycles. The van der Waals surface area contributed by atoms with E-state index in [-0.39, 0.29) is 12.4 Å². The Morgan fingerprint density at radius 3 is 2.59 bits per heavy atom. The summed E-state index contributed by atoms with van der Waals surface area (Å²) in [5.74, 6) is 0.350. The van der Waals surface area contributed by atoms with Crippen molar-refractivity contribution in [2.75, 3.05) is 13.7 Å². The Bertz CT molecular complexity index is 659. The molecule has 2 rings (SSSR count). The van der Waals surface area contributed by atoms with Crippen LogP contribution in [0.3, 0.4) is 0 Å². The Hall–Kier alpha value is -3.09. The molecular formula is C15H16N3O4+. The predicted molar refractivity (Wildman–Crippen MR) is 78.3 cm³/mol. The lowest BCUT2D eigenvalue weighted by atomic mass is 10.3. The van der Waals surface area contributed by atoms with Crippen LogP contribution in [0, 0.1) is 0 Å². The van der Waals surface area contributed by atoms with Gasteiger partial charge in [-0.05, 0) is 18.2 Å². The SMILES string of the molecule is COc1ccccc1OCC(=O)ON=C(N)c1cccc[nH+]1. The van der Waals surface area contributed by atoms with Crippen molar-refractivity contribution < 1.29 is 24.1 Å². The van der Waals surface area contributed by atoms with Gasteiger partial charge in [0.05, 0.1) is 7.11 Å². The van der Waals surface area contributed by atoms with Gasteiger partial charge in [-0.25, -0.2) is 9.78 Å². The van der Waals surface area contributed by atoms with E-state index in [1.165, 1.54) is 7.11 Å². The number of nitrogens with zero attached hydrogens (tertiary/aromatic N) is 1. The zero-order chi connectivity index (χ0) is 15.8. The van der Waals surface area contributed by atoms with Crippen molar-refractivity contribution in [3.8, 4) is 11.5 Å². The number of nitrogens with one attached hydrogen (secondary N) is 1. The smallest absolute Gasteiger partial charge is 0.372 e. The fourth-order valence-corrected chi connectivity index (χ4v) is 1.60. The van der Waals surface area contributed by atoms with Crippen LogP contribution < -0.4 is 20.2 Å². The summed E-state index contributed by atoms with van der Waals surface area (Å²) >= 11 is 0. The quantitative estimate of drug-likeness (QED) is 0.367. The van der Waals surface area contributed by atoms with Crippen LogP contribution in [0.2, 0.25) is 0 Å². The molecule has 114 valence electrons. The van der Waals surface area contributed by atoms with Crippen LogP contribution in [0.25, 0.3) is 0 Å². The third-order valence-electron chi connectivity index (χ3n) is 2.65. The molecule has 0 saturated heterocycles. The van der Waals surface area contributed by atoms with Gasteiger partial charge in [-0.3, -0.25) is 0 Å². The van der Waals surface area contributed by atoms with Gasteiger partial charge in [0.15, 0.2) is 24.3 Å². The van der Waals surface area contributed by atoms with Gasteiger partial charge in [0.1, 0.15) is 0 Å². The second-order valence-corrected chi connectivity index (χ2v) is 4.16. The zero-order valence-electron chi connectivity index (χ0n) is 12.0. The molecule has 1 aromatic carbocycles. The Kier molecular flexibility index (Phi) is 5.31. The molecule has 1 heterocycles. The van der Waals surface area contributed by atoms with Crippen LogP contribution in [0.1, 0.15) is 5.69 Å². The third-order valence-corrected chi connectivity index (χ3v) is 2.65. The number of hydrogen-bond acceptors (Lipinski definition) is 5. The number of nitrogens with two attached hydrogens (primary N) is 1. The standard InChI is InChI=1S/C15H15N3O4/c1-20-12-7-2-3-8-13(12)21-10-14(19)22-18-15(16)11-6-4-5-9-17-11/h2-9H,10H2,1H3,(H2,16,18)/p+1. The molecule has 0 amide bonds. The summed E-state index contributed by atoms with van der Waals surface area (Å²) in [6.07, 6.45) is 1.68. The number of carbonyl (C=O) groups excluding carboxylic acids is 1. The lowest BCUT2D eigenvalue weighted by molar-refractivity contribution is -0.380. The minimum absolute atomic E-state index is 0.0613. The molecule has 22 heavy (non-hydrogen) atoms. The van der Waals surface area contributed by atoms with E-state index in [0.29, 0.717) is 17.2 Å². The number of carbonyl (C=O) groups is 1. The van der Waals surface area contributed by atoms with Crippen LogP contribution in [0.5, 0.6) is 11.5 Å². The minimum Gasteiger partial charge on any atom is -0.493 e. The molecule has 0 bridgehead atoms. The molecule has 0 atom stereocenters. The molecule has 7 heteroatoms.